The van der Waals surface area contributed by atoms with Crippen LogP contribution >= 0.6 is 0 Å². The Balaban J connectivity index is 2.70. The fourth-order valence-electron chi connectivity index (χ4n) is 4.40. The summed E-state index contributed by atoms with van der Waals surface area (Å²) in [6.45, 7) is 3.56. The summed E-state index contributed by atoms with van der Waals surface area (Å²) in [4.78, 5) is 47.1. The summed E-state index contributed by atoms with van der Waals surface area (Å²) in [6.07, 6.45) is -0.665. The van der Waals surface area contributed by atoms with Crippen molar-refractivity contribution in [3.05, 3.63) is 71.8 Å². The van der Waals surface area contributed by atoms with Gasteiger partial charge in [-0.3, -0.25) is 5.43 Å². The molecule has 0 radical (unpaired) electrons. The molecule has 2 aromatic rings. The van der Waals surface area contributed by atoms with Gasteiger partial charge < -0.3 is 30.4 Å². The molecule has 2 unspecified atom stereocenters. The van der Waals surface area contributed by atoms with Crippen LogP contribution < -0.4 is 16.1 Å². The van der Waals surface area contributed by atoms with Gasteiger partial charge in [0, 0.05) is 12.3 Å². The third-order valence-corrected chi connectivity index (χ3v) is 6.05. The van der Waals surface area contributed by atoms with Crippen LogP contribution in [0.15, 0.2) is 60.7 Å². The molecule has 4 atom stereocenters. The summed E-state index contributed by atoms with van der Waals surface area (Å²) >= 11 is 0. The van der Waals surface area contributed by atoms with E-state index in [2.05, 4.69) is 16.1 Å². The Morgan fingerprint density at radius 3 is 2.00 bits per heavy atom. The molecule has 0 aliphatic carbocycles. The monoisotopic (exact) mass is 498 g/mol. The van der Waals surface area contributed by atoms with Crippen LogP contribution in [0.2, 0.25) is 0 Å². The molecule has 0 aliphatic rings. The van der Waals surface area contributed by atoms with Gasteiger partial charge in [-0.2, -0.15) is 5.01 Å². The van der Waals surface area contributed by atoms with E-state index >= 15 is 0 Å². The van der Waals surface area contributed by atoms with Crippen LogP contribution in [0, 0.1) is 5.92 Å². The van der Waals surface area contributed by atoms with Gasteiger partial charge in [0.15, 0.2) is 0 Å². The number of aldehydes is 2. The Bertz CT molecular complexity index is 990. The summed E-state index contributed by atoms with van der Waals surface area (Å²) < 4.78 is 0. The maximum absolute atomic E-state index is 12.2. The molecule has 0 fully saturated rings. The maximum atomic E-state index is 12.2. The summed E-state index contributed by atoms with van der Waals surface area (Å²) in [5.74, 6) is -0.531. The topological polar surface area (TPSA) is 148 Å². The van der Waals surface area contributed by atoms with Crippen molar-refractivity contribution in [1.29, 1.82) is 0 Å². The van der Waals surface area contributed by atoms with Crippen molar-refractivity contribution in [2.24, 2.45) is 5.92 Å². The number of carbonyl (C=O) groups excluding carboxylic acids is 2. The molecule has 10 nitrogen and oxygen atoms in total. The van der Waals surface area contributed by atoms with E-state index in [1.165, 1.54) is 11.9 Å². The number of amides is 2. The first kappa shape index (κ1) is 28.5. The zero-order valence-corrected chi connectivity index (χ0v) is 20.5. The van der Waals surface area contributed by atoms with Crippen molar-refractivity contribution in [3.8, 4) is 0 Å². The Morgan fingerprint density at radius 2 is 1.50 bits per heavy atom. The fourth-order valence-corrected chi connectivity index (χ4v) is 4.40. The number of nitrogens with one attached hydrogen (secondary N) is 3. The molecule has 0 saturated heterocycles. The van der Waals surface area contributed by atoms with Gasteiger partial charge in [-0.15, -0.1) is 0 Å². The first-order chi connectivity index (χ1) is 17.2. The molecule has 0 saturated carbocycles. The number of carbonyl (C=O) groups is 4. The number of hydrogen-bond acceptors (Lipinski definition) is 6. The van der Waals surface area contributed by atoms with E-state index in [4.69, 9.17) is 0 Å². The van der Waals surface area contributed by atoms with E-state index in [0.717, 1.165) is 17.4 Å². The molecule has 0 spiro atoms. The SMILES string of the molecule is CC(C=O)NCC[C@H](Cc1ccccc1)C(Cc1ccccc1)(NC(=O)O)N(NC(=O)O)[C@@H](C)C=O. The van der Waals surface area contributed by atoms with Crippen LogP contribution in [-0.4, -0.2) is 64.3 Å². The summed E-state index contributed by atoms with van der Waals surface area (Å²) in [7, 11) is 0. The standard InChI is InChI=1S/C26H34N4O6/c1-19(17-31)27-14-13-23(15-21-9-5-3-6-10-21)26(28-24(33)34,16-22-11-7-4-8-12-22)30(20(2)18-32)29-25(35)36/h3-12,17-20,23,27-29H,13-16H2,1-2H3,(H,33,34)(H,35,36)/t19?,20-,23+,26?/m0/s1. The second-order valence-electron chi connectivity index (χ2n) is 8.73. The van der Waals surface area contributed by atoms with Crippen molar-refractivity contribution in [2.45, 2.75) is 50.9 Å². The van der Waals surface area contributed by atoms with Crippen LogP contribution in [-0.2, 0) is 22.4 Å². The molecule has 0 aromatic heterocycles. The molecule has 0 aliphatic heterocycles. The van der Waals surface area contributed by atoms with Crippen molar-refractivity contribution in [1.82, 2.24) is 21.1 Å². The summed E-state index contributed by atoms with van der Waals surface area (Å²) in [5, 5.41) is 26.5. The van der Waals surface area contributed by atoms with E-state index in [1.54, 1.807) is 19.1 Å². The fraction of sp³-hybridized carbons (Fsp3) is 0.385. The molecule has 36 heavy (non-hydrogen) atoms. The van der Waals surface area contributed by atoms with Crippen molar-refractivity contribution in [3.63, 3.8) is 0 Å². The molecule has 0 heterocycles. The van der Waals surface area contributed by atoms with Gasteiger partial charge in [0.1, 0.15) is 18.2 Å². The van der Waals surface area contributed by atoms with E-state index < -0.39 is 35.9 Å². The zero-order chi connectivity index (χ0) is 26.6. The van der Waals surface area contributed by atoms with Crippen LogP contribution in [0.3, 0.4) is 0 Å². The number of hydrazine groups is 1. The minimum absolute atomic E-state index is 0.0688. The number of hydrogen-bond donors (Lipinski definition) is 5. The lowest BCUT2D eigenvalue weighted by Gasteiger charge is -2.49. The van der Waals surface area contributed by atoms with Crippen LogP contribution in [0.1, 0.15) is 31.4 Å². The zero-order valence-electron chi connectivity index (χ0n) is 20.5. The Morgan fingerprint density at radius 1 is 0.917 bits per heavy atom. The molecular weight excluding hydrogens is 464 g/mol. The largest absolute Gasteiger partial charge is 0.465 e. The van der Waals surface area contributed by atoms with Gasteiger partial charge in [-0.1, -0.05) is 60.7 Å². The van der Waals surface area contributed by atoms with Gasteiger partial charge >= 0.3 is 12.2 Å². The number of nitrogens with zero attached hydrogens (tertiary/aromatic N) is 1. The van der Waals surface area contributed by atoms with Crippen LogP contribution in [0.4, 0.5) is 9.59 Å². The van der Waals surface area contributed by atoms with Gasteiger partial charge in [-0.25, -0.2) is 9.59 Å². The maximum Gasteiger partial charge on any atom is 0.419 e. The third-order valence-electron chi connectivity index (χ3n) is 6.05. The number of rotatable bonds is 15. The van der Waals surface area contributed by atoms with E-state index in [1.807, 2.05) is 48.5 Å². The third kappa shape index (κ3) is 8.17. The smallest absolute Gasteiger partial charge is 0.419 e. The van der Waals surface area contributed by atoms with E-state index in [-0.39, 0.29) is 6.42 Å². The molecule has 5 N–H and O–H groups in total. The van der Waals surface area contributed by atoms with E-state index in [0.29, 0.717) is 25.7 Å². The molecule has 10 heteroatoms. The highest BCUT2D eigenvalue weighted by molar-refractivity contribution is 5.68. The Labute approximate surface area is 210 Å². The van der Waals surface area contributed by atoms with Crippen molar-refractivity contribution < 1.29 is 29.4 Å². The predicted molar refractivity (Wildman–Crippen MR) is 134 cm³/mol. The Kier molecular flexibility index (Phi) is 11.0. The van der Waals surface area contributed by atoms with Crippen molar-refractivity contribution in [2.75, 3.05) is 6.54 Å². The second-order valence-corrected chi connectivity index (χ2v) is 8.73. The van der Waals surface area contributed by atoms with Gasteiger partial charge in [0.25, 0.3) is 0 Å². The Hall–Kier alpha value is -3.76. The lowest BCUT2D eigenvalue weighted by molar-refractivity contribution is -0.121. The van der Waals surface area contributed by atoms with Crippen molar-refractivity contribution >= 4 is 24.8 Å². The lowest BCUT2D eigenvalue weighted by atomic mass is 9.79. The molecule has 194 valence electrons. The van der Waals surface area contributed by atoms with Crippen LogP contribution in [0.5, 0.6) is 0 Å². The number of benzene rings is 2. The average molecular weight is 499 g/mol. The minimum Gasteiger partial charge on any atom is -0.465 e. The summed E-state index contributed by atoms with van der Waals surface area (Å²) in [6, 6.07) is 17.0. The predicted octanol–water partition coefficient (Wildman–Crippen LogP) is 2.69. The lowest BCUT2D eigenvalue weighted by Crippen LogP contribution is -2.73. The highest BCUT2D eigenvalue weighted by Crippen LogP contribution is 2.33. The average Bonchev–Trinajstić information content (AvgIpc) is 2.86. The molecule has 2 aromatic carbocycles. The molecular formula is C26H34N4O6. The minimum atomic E-state index is -1.56. The highest BCUT2D eigenvalue weighted by atomic mass is 16.4. The molecule has 2 amide bonds. The van der Waals surface area contributed by atoms with Gasteiger partial charge in [-0.05, 0) is 44.4 Å². The van der Waals surface area contributed by atoms with Crippen LogP contribution in [0.25, 0.3) is 0 Å². The first-order valence-corrected chi connectivity index (χ1v) is 11.7. The highest BCUT2D eigenvalue weighted by Gasteiger charge is 2.48. The summed E-state index contributed by atoms with van der Waals surface area (Å²) in [5.41, 5.74) is 2.38. The molecule has 0 bridgehead atoms. The van der Waals surface area contributed by atoms with E-state index in [9.17, 15) is 29.4 Å². The first-order valence-electron chi connectivity index (χ1n) is 11.7. The second kappa shape index (κ2) is 14.0. The number of carboxylic acid groups (broad SMARTS) is 2. The quantitative estimate of drug-likeness (QED) is 0.143. The normalized spacial score (nSPS) is 15.2. The van der Waals surface area contributed by atoms with Gasteiger partial charge in [0.05, 0.1) is 12.1 Å². The van der Waals surface area contributed by atoms with Gasteiger partial charge in [0.2, 0.25) is 0 Å². The molecule has 2 rings (SSSR count).